The van der Waals surface area contributed by atoms with Crippen molar-refractivity contribution in [3.8, 4) is 0 Å². The van der Waals surface area contributed by atoms with Gasteiger partial charge < -0.3 is 19.7 Å². The van der Waals surface area contributed by atoms with Gasteiger partial charge in [0.1, 0.15) is 5.60 Å². The summed E-state index contributed by atoms with van der Waals surface area (Å²) in [4.78, 5) is 0. The Hall–Kier alpha value is 0.892. The summed E-state index contributed by atoms with van der Waals surface area (Å²) in [7, 11) is 0. The number of hydrogen-bond donors (Lipinski definition) is 2. The van der Waals surface area contributed by atoms with Crippen molar-refractivity contribution in [2.24, 2.45) is 0 Å². The second-order valence-electron chi connectivity index (χ2n) is 2.70. The molecule has 2 N–H and O–H groups in total. The molecule has 2 fully saturated rings. The second kappa shape index (κ2) is 3.33. The number of rotatable bonds is 1. The fourth-order valence-electron chi connectivity index (χ4n) is 1.31. The van der Waals surface area contributed by atoms with Crippen LogP contribution in [0.3, 0.4) is 0 Å². The minimum Gasteiger partial charge on any atom is -0.540 e. The Morgan fingerprint density at radius 3 is 2.55 bits per heavy atom. The zero-order chi connectivity index (χ0) is 7.19. The van der Waals surface area contributed by atoms with E-state index in [4.69, 9.17) is 14.6 Å². The number of fused-ring (bicyclic) bond motifs is 2. The summed E-state index contributed by atoms with van der Waals surface area (Å²) >= 11 is 0. The molecule has 5 heteroatoms. The van der Waals surface area contributed by atoms with Crippen LogP contribution in [0, 0.1) is 37.7 Å². The monoisotopic (exact) mass is 383 g/mol. The summed E-state index contributed by atoms with van der Waals surface area (Å²) < 4.78 is 10.1. The topological polar surface area (TPSA) is 58.9 Å². The van der Waals surface area contributed by atoms with Crippen LogP contribution in [0.5, 0.6) is 0 Å². The average molecular weight is 383 g/mol. The van der Waals surface area contributed by atoms with Crippen molar-refractivity contribution in [3.63, 3.8) is 0 Å². The Bertz CT molecular complexity index is 144. The van der Waals surface area contributed by atoms with Crippen LogP contribution in [0.1, 0.15) is 0 Å². The van der Waals surface area contributed by atoms with Crippen LogP contribution in [-0.2, 0) is 9.47 Å². The van der Waals surface area contributed by atoms with Crippen molar-refractivity contribution < 1.29 is 50.8 Å². The number of aliphatic hydroxyl groups is 2. The smallest absolute Gasteiger partial charge is 0.540 e. The summed E-state index contributed by atoms with van der Waals surface area (Å²) in [6.07, 6.45) is -1.04. The third-order valence-corrected chi connectivity index (χ3v) is 2.07. The molecule has 0 aromatic heterocycles. The van der Waals surface area contributed by atoms with E-state index in [9.17, 15) is 5.11 Å². The molecule has 0 aromatic rings. The molecule has 3 unspecified atom stereocenters. The van der Waals surface area contributed by atoms with Gasteiger partial charge in [-0.05, 0) is 6.10 Å². The Kier molecular flexibility index (Phi) is 3.02. The Balaban J connectivity index is 0.000000605. The van der Waals surface area contributed by atoms with Crippen LogP contribution >= 0.6 is 0 Å². The quantitative estimate of drug-likeness (QED) is 0.551. The van der Waals surface area contributed by atoms with Crippen LogP contribution in [0.2, 0.25) is 0 Å². The molecule has 0 amide bonds. The van der Waals surface area contributed by atoms with E-state index >= 15 is 0 Å². The second-order valence-corrected chi connectivity index (χ2v) is 2.70. The summed E-state index contributed by atoms with van der Waals surface area (Å²) in [6.45, 7) is 1.53. The average Bonchev–Trinajstić information content (AvgIpc) is 2.46. The predicted molar refractivity (Wildman–Crippen MR) is 30.9 cm³/mol. The van der Waals surface area contributed by atoms with Gasteiger partial charge in [-0.15, -0.1) is 0 Å². The van der Waals surface area contributed by atoms with Crippen molar-refractivity contribution in [1.29, 1.82) is 0 Å². The van der Waals surface area contributed by atoms with E-state index in [1.807, 2.05) is 0 Å². The van der Waals surface area contributed by atoms with Gasteiger partial charge in [-0.3, -0.25) is 0 Å². The first-order valence-electron chi connectivity index (χ1n) is 3.20. The van der Waals surface area contributed by atoms with Gasteiger partial charge in [0.25, 0.3) is 0 Å². The molecule has 2 aliphatic heterocycles. The predicted octanol–water partition coefficient (Wildman–Crippen LogP) is -1.33. The van der Waals surface area contributed by atoms with E-state index in [-0.39, 0.29) is 50.4 Å². The molecule has 2 rings (SSSR count). The molecule has 0 aliphatic carbocycles. The molecule has 0 saturated carbocycles. The number of hydrogen-bond acceptors (Lipinski definition) is 4. The van der Waals surface area contributed by atoms with Crippen LogP contribution in [0.4, 0.5) is 0 Å². The van der Waals surface area contributed by atoms with Gasteiger partial charge in [0.2, 0.25) is 0 Å². The van der Waals surface area contributed by atoms with Gasteiger partial charge in [-0.1, -0.05) is 0 Å². The molecule has 0 radical (unpaired) electrons. The Morgan fingerprint density at radius 2 is 2.36 bits per heavy atom. The summed E-state index contributed by atoms with van der Waals surface area (Å²) in [5.74, 6) is 0. The molecular formula is C6H9O4U+. The third kappa shape index (κ3) is 1.28. The zero-order valence-corrected chi connectivity index (χ0v) is 10.0. The first-order valence-corrected chi connectivity index (χ1v) is 3.20. The maximum absolute atomic E-state index is 9.34. The number of aliphatic hydroxyl groups excluding tert-OH is 2. The molecule has 2 aliphatic rings. The molecule has 2 heterocycles. The summed E-state index contributed by atoms with van der Waals surface area (Å²) in [5, 5.41) is 18.2. The van der Waals surface area contributed by atoms with Crippen LogP contribution < -0.4 is 0 Å². The van der Waals surface area contributed by atoms with E-state index in [1.165, 1.54) is 6.61 Å². The van der Waals surface area contributed by atoms with Gasteiger partial charge in [0.05, 0.1) is 19.3 Å². The van der Waals surface area contributed by atoms with E-state index in [1.54, 1.807) is 0 Å². The Morgan fingerprint density at radius 1 is 1.64 bits per heavy atom. The van der Waals surface area contributed by atoms with Crippen molar-refractivity contribution in [3.05, 3.63) is 6.61 Å². The van der Waals surface area contributed by atoms with Crippen LogP contribution in [0.15, 0.2) is 0 Å². The SMILES string of the molecule is OCC12COC([CH-]O1)C2O.[U+2]. The zero-order valence-electron chi connectivity index (χ0n) is 5.86. The molecule has 2 saturated heterocycles. The maximum atomic E-state index is 9.34. The van der Waals surface area contributed by atoms with Gasteiger partial charge in [0.15, 0.2) is 0 Å². The maximum Gasteiger partial charge on any atom is 2.00 e. The van der Waals surface area contributed by atoms with E-state index in [2.05, 4.69) is 0 Å². The normalized spacial score (nSPS) is 47.5. The van der Waals surface area contributed by atoms with Gasteiger partial charge >= 0.3 is 31.1 Å². The third-order valence-electron chi connectivity index (χ3n) is 2.07. The van der Waals surface area contributed by atoms with Crippen LogP contribution in [0.25, 0.3) is 0 Å². The fourth-order valence-corrected chi connectivity index (χ4v) is 1.31. The van der Waals surface area contributed by atoms with Gasteiger partial charge in [-0.25, -0.2) is 0 Å². The molecule has 60 valence electrons. The fraction of sp³-hybridized carbons (Fsp3) is 0.833. The van der Waals surface area contributed by atoms with Crippen molar-refractivity contribution in [2.45, 2.75) is 17.8 Å². The summed E-state index contributed by atoms with van der Waals surface area (Å²) in [6, 6.07) is 0. The van der Waals surface area contributed by atoms with E-state index in [0.717, 1.165) is 0 Å². The van der Waals surface area contributed by atoms with E-state index in [0.29, 0.717) is 0 Å². The minimum absolute atomic E-state index is 0. The van der Waals surface area contributed by atoms with Crippen molar-refractivity contribution in [2.75, 3.05) is 13.2 Å². The first-order chi connectivity index (χ1) is 4.78. The number of ether oxygens (including phenoxy) is 2. The molecule has 0 spiro atoms. The van der Waals surface area contributed by atoms with Crippen molar-refractivity contribution in [1.82, 2.24) is 0 Å². The largest absolute Gasteiger partial charge is 2.00 e. The van der Waals surface area contributed by atoms with Gasteiger partial charge in [-0.2, -0.15) is 6.61 Å². The molecule has 0 aromatic carbocycles. The van der Waals surface area contributed by atoms with Gasteiger partial charge in [0, 0.05) is 0 Å². The van der Waals surface area contributed by atoms with E-state index < -0.39 is 11.7 Å². The van der Waals surface area contributed by atoms with Crippen LogP contribution in [-0.4, -0.2) is 41.2 Å². The summed E-state index contributed by atoms with van der Waals surface area (Å²) in [5.41, 5.74) is -0.856. The molecular weight excluding hydrogens is 374 g/mol. The molecule has 4 nitrogen and oxygen atoms in total. The Labute approximate surface area is 88.2 Å². The minimum atomic E-state index is -0.856. The van der Waals surface area contributed by atoms with Crippen molar-refractivity contribution >= 4 is 0 Å². The molecule has 11 heavy (non-hydrogen) atoms. The molecule has 2 bridgehead atoms. The molecule has 3 atom stereocenters. The first kappa shape index (κ1) is 9.98. The standard InChI is InChI=1S/C6H9O4.U/c7-2-6-3-9-4(1-10-6)5(6)8;/h1,4-5,7-8H,2-3H2;/q-1;+2.